The van der Waals surface area contributed by atoms with Gasteiger partial charge >= 0.3 is 5.69 Å². The Bertz CT molecular complexity index is 549. The molecule has 0 radical (unpaired) electrons. The van der Waals surface area contributed by atoms with Crippen molar-refractivity contribution in [1.82, 2.24) is 14.5 Å². The molecule has 1 N–H and O–H groups in total. The number of nitrogens with one attached hydrogen (secondary N) is 1. The zero-order valence-electron chi connectivity index (χ0n) is 10.2. The van der Waals surface area contributed by atoms with Crippen LogP contribution in [0.4, 0.5) is 0 Å². The molecular weight excluding hydrogens is 230 g/mol. The average Bonchev–Trinajstić information content (AvgIpc) is 2.95. The summed E-state index contributed by atoms with van der Waals surface area (Å²) in [6.45, 7) is 2.25. The van der Waals surface area contributed by atoms with Crippen molar-refractivity contribution >= 4 is 0 Å². The summed E-state index contributed by atoms with van der Waals surface area (Å²) >= 11 is 0. The van der Waals surface area contributed by atoms with Gasteiger partial charge in [-0.05, 0) is 18.9 Å². The Labute approximate surface area is 105 Å². The molecule has 1 fully saturated rings. The van der Waals surface area contributed by atoms with Crippen molar-refractivity contribution in [3.8, 4) is 0 Å². The molecule has 5 heteroatoms. The van der Waals surface area contributed by atoms with Crippen LogP contribution in [0.2, 0.25) is 0 Å². The summed E-state index contributed by atoms with van der Waals surface area (Å²) in [5, 5.41) is 3.29. The summed E-state index contributed by atoms with van der Waals surface area (Å²) in [5.74, 6) is 0. The minimum atomic E-state index is 0.114. The predicted octanol–water partition coefficient (Wildman–Crippen LogP) is 1.37. The van der Waals surface area contributed by atoms with Crippen LogP contribution in [-0.4, -0.2) is 15.7 Å². The minimum Gasteiger partial charge on any atom is -0.472 e. The third-order valence-corrected chi connectivity index (χ3v) is 3.25. The topological polar surface area (TPSA) is 52.1 Å². The maximum Gasteiger partial charge on any atom is 0.328 e. The molecule has 0 atom stereocenters. The van der Waals surface area contributed by atoms with Gasteiger partial charge in [-0.1, -0.05) is 0 Å². The Kier molecular flexibility index (Phi) is 3.06. The zero-order valence-corrected chi connectivity index (χ0v) is 10.2. The van der Waals surface area contributed by atoms with E-state index in [0.717, 1.165) is 31.5 Å². The molecule has 2 heterocycles. The van der Waals surface area contributed by atoms with Gasteiger partial charge in [0, 0.05) is 43.6 Å². The van der Waals surface area contributed by atoms with Gasteiger partial charge in [0.05, 0.1) is 12.5 Å². The maximum atomic E-state index is 12.0. The molecule has 0 amide bonds. The minimum absolute atomic E-state index is 0.114. The number of hydrogen-bond acceptors (Lipinski definition) is 3. The summed E-state index contributed by atoms with van der Waals surface area (Å²) in [5.41, 5.74) is 1.24. The molecule has 1 aliphatic carbocycles. The first-order chi connectivity index (χ1) is 8.84. The lowest BCUT2D eigenvalue weighted by Crippen LogP contribution is -2.28. The van der Waals surface area contributed by atoms with Crippen molar-refractivity contribution in [3.05, 3.63) is 47.0 Å². The summed E-state index contributed by atoms with van der Waals surface area (Å²) in [6.07, 6.45) is 9.45. The SMILES string of the molecule is O=c1n(CCNCc2ccoc2)ccn1C1CC1. The molecule has 3 rings (SSSR count). The maximum absolute atomic E-state index is 12.0. The zero-order chi connectivity index (χ0) is 12.4. The standard InChI is InChI=1S/C13H17N3O2/c17-13-15(6-7-16(13)12-1-2-12)5-4-14-9-11-3-8-18-10-11/h3,6-8,10,12,14H,1-2,4-5,9H2. The van der Waals surface area contributed by atoms with E-state index in [1.54, 1.807) is 17.1 Å². The van der Waals surface area contributed by atoms with E-state index < -0.39 is 0 Å². The molecule has 2 aromatic rings. The fourth-order valence-electron chi connectivity index (χ4n) is 2.05. The molecule has 2 aromatic heterocycles. The van der Waals surface area contributed by atoms with Crippen LogP contribution in [0, 0.1) is 0 Å². The van der Waals surface area contributed by atoms with Crippen LogP contribution in [-0.2, 0) is 13.1 Å². The molecule has 1 saturated carbocycles. The highest BCUT2D eigenvalue weighted by Crippen LogP contribution is 2.33. The monoisotopic (exact) mass is 247 g/mol. The molecule has 5 nitrogen and oxygen atoms in total. The van der Waals surface area contributed by atoms with E-state index in [-0.39, 0.29) is 5.69 Å². The third-order valence-electron chi connectivity index (χ3n) is 3.25. The van der Waals surface area contributed by atoms with Gasteiger partial charge in [0.15, 0.2) is 0 Å². The van der Waals surface area contributed by atoms with E-state index >= 15 is 0 Å². The van der Waals surface area contributed by atoms with Crippen molar-refractivity contribution in [2.75, 3.05) is 6.54 Å². The second-order valence-corrected chi connectivity index (χ2v) is 4.72. The normalized spacial score (nSPS) is 15.1. The van der Waals surface area contributed by atoms with Crippen LogP contribution in [0.15, 0.2) is 40.2 Å². The molecule has 0 bridgehead atoms. The van der Waals surface area contributed by atoms with Gasteiger partial charge in [-0.3, -0.25) is 9.13 Å². The molecule has 18 heavy (non-hydrogen) atoms. The molecule has 1 aliphatic rings. The number of furan rings is 1. The highest BCUT2D eigenvalue weighted by atomic mass is 16.3. The van der Waals surface area contributed by atoms with Gasteiger partial charge in [0.2, 0.25) is 0 Å². The number of nitrogens with zero attached hydrogens (tertiary/aromatic N) is 2. The van der Waals surface area contributed by atoms with E-state index in [4.69, 9.17) is 4.42 Å². The van der Waals surface area contributed by atoms with Gasteiger partial charge in [0.25, 0.3) is 0 Å². The fraction of sp³-hybridized carbons (Fsp3) is 0.462. The van der Waals surface area contributed by atoms with Crippen LogP contribution >= 0.6 is 0 Å². The first-order valence-electron chi connectivity index (χ1n) is 6.33. The highest BCUT2D eigenvalue weighted by Gasteiger charge is 2.25. The first kappa shape index (κ1) is 11.3. The van der Waals surface area contributed by atoms with E-state index in [9.17, 15) is 4.79 Å². The van der Waals surface area contributed by atoms with Crippen LogP contribution in [0.3, 0.4) is 0 Å². The Morgan fingerprint density at radius 3 is 3.00 bits per heavy atom. The molecule has 96 valence electrons. The van der Waals surface area contributed by atoms with Crippen molar-refractivity contribution in [2.45, 2.75) is 32.0 Å². The second kappa shape index (κ2) is 4.86. The highest BCUT2D eigenvalue weighted by molar-refractivity contribution is 5.04. The molecule has 0 spiro atoms. The Morgan fingerprint density at radius 1 is 1.39 bits per heavy atom. The van der Waals surface area contributed by atoms with E-state index in [2.05, 4.69) is 5.32 Å². The smallest absolute Gasteiger partial charge is 0.328 e. The summed E-state index contributed by atoms with van der Waals surface area (Å²) in [6, 6.07) is 2.39. The van der Waals surface area contributed by atoms with Gasteiger partial charge in [0.1, 0.15) is 0 Å². The number of aromatic nitrogens is 2. The van der Waals surface area contributed by atoms with Crippen LogP contribution in [0.1, 0.15) is 24.4 Å². The Balaban J connectivity index is 1.49. The van der Waals surface area contributed by atoms with Crippen molar-refractivity contribution in [2.24, 2.45) is 0 Å². The predicted molar refractivity (Wildman–Crippen MR) is 67.4 cm³/mol. The van der Waals surface area contributed by atoms with E-state index in [1.807, 2.05) is 23.0 Å². The molecule has 0 aliphatic heterocycles. The van der Waals surface area contributed by atoms with Gasteiger partial charge in [-0.25, -0.2) is 4.79 Å². The van der Waals surface area contributed by atoms with E-state index in [0.29, 0.717) is 12.6 Å². The van der Waals surface area contributed by atoms with Crippen molar-refractivity contribution in [3.63, 3.8) is 0 Å². The van der Waals surface area contributed by atoms with Crippen LogP contribution < -0.4 is 11.0 Å². The Hall–Kier alpha value is -1.75. The molecule has 0 saturated heterocycles. The largest absolute Gasteiger partial charge is 0.472 e. The van der Waals surface area contributed by atoms with Crippen molar-refractivity contribution < 1.29 is 4.42 Å². The lowest BCUT2D eigenvalue weighted by molar-refractivity contribution is 0.550. The van der Waals surface area contributed by atoms with Gasteiger partial charge in [-0.2, -0.15) is 0 Å². The van der Waals surface area contributed by atoms with Crippen LogP contribution in [0.25, 0.3) is 0 Å². The molecule has 0 aromatic carbocycles. The second-order valence-electron chi connectivity index (χ2n) is 4.72. The summed E-state index contributed by atoms with van der Waals surface area (Å²) in [4.78, 5) is 12.0. The molecule has 0 unspecified atom stereocenters. The van der Waals surface area contributed by atoms with Gasteiger partial charge in [-0.15, -0.1) is 0 Å². The van der Waals surface area contributed by atoms with Crippen molar-refractivity contribution in [1.29, 1.82) is 0 Å². The lowest BCUT2D eigenvalue weighted by Gasteiger charge is -2.03. The Morgan fingerprint density at radius 2 is 2.28 bits per heavy atom. The number of rotatable bonds is 6. The third kappa shape index (κ3) is 2.41. The van der Waals surface area contributed by atoms with Crippen LogP contribution in [0.5, 0.6) is 0 Å². The average molecular weight is 247 g/mol. The summed E-state index contributed by atoms with van der Waals surface area (Å²) < 4.78 is 8.59. The lowest BCUT2D eigenvalue weighted by atomic mass is 10.3. The number of imidazole rings is 1. The fourth-order valence-corrected chi connectivity index (χ4v) is 2.05. The quantitative estimate of drug-likeness (QED) is 0.784. The van der Waals surface area contributed by atoms with E-state index in [1.165, 1.54) is 0 Å². The molecular formula is C13H17N3O2. The van der Waals surface area contributed by atoms with Gasteiger partial charge < -0.3 is 9.73 Å². The number of hydrogen-bond donors (Lipinski definition) is 1. The first-order valence-corrected chi connectivity index (χ1v) is 6.33. The summed E-state index contributed by atoms with van der Waals surface area (Å²) in [7, 11) is 0.